The van der Waals surface area contributed by atoms with Crippen molar-refractivity contribution >= 4 is 5.91 Å². The Morgan fingerprint density at radius 2 is 2.00 bits per heavy atom. The van der Waals surface area contributed by atoms with Gasteiger partial charge in [-0.2, -0.15) is 0 Å². The molecule has 0 bridgehead atoms. The summed E-state index contributed by atoms with van der Waals surface area (Å²) < 4.78 is 1.52. The van der Waals surface area contributed by atoms with Crippen LogP contribution in [0.1, 0.15) is 33.2 Å². The maximum absolute atomic E-state index is 12.6. The van der Waals surface area contributed by atoms with Crippen molar-refractivity contribution in [1.82, 2.24) is 14.5 Å². The predicted molar refractivity (Wildman–Crippen MR) is 84.0 cm³/mol. The lowest BCUT2D eigenvalue weighted by atomic mass is 9.94. The topological polar surface area (TPSA) is 55.2 Å². The minimum atomic E-state index is -0.219. The number of hydrogen-bond acceptors (Lipinski definition) is 3. The monoisotopic (exact) mass is 297 g/mol. The van der Waals surface area contributed by atoms with Crippen LogP contribution in [0.4, 0.5) is 0 Å². The summed E-state index contributed by atoms with van der Waals surface area (Å²) in [5, 5.41) is 0. The molecule has 0 unspecified atom stereocenters. The summed E-state index contributed by atoms with van der Waals surface area (Å²) in [6, 6.07) is 7.68. The Labute approximate surface area is 129 Å². The summed E-state index contributed by atoms with van der Waals surface area (Å²) in [5.74, 6) is 0.0880. The van der Waals surface area contributed by atoms with Gasteiger partial charge in [-0.3, -0.25) is 14.6 Å². The third-order valence-electron chi connectivity index (χ3n) is 4.36. The van der Waals surface area contributed by atoms with Crippen molar-refractivity contribution in [3.05, 3.63) is 63.3 Å². The average Bonchev–Trinajstić information content (AvgIpc) is 2.44. The first-order valence-electron chi connectivity index (χ1n) is 7.36. The van der Waals surface area contributed by atoms with Gasteiger partial charge in [0.1, 0.15) is 5.56 Å². The number of carbonyl (C=O) groups excluding carboxylic acids is 1. The standard InChI is InChI=1S/C17H19N3O2/c1-11-8-12(2)19(3)16(21)15(11)17(22)20-9-13(10-20)14-6-4-5-7-18-14/h4-8,13H,9-10H2,1-3H3. The number of nitrogens with zero attached hydrogens (tertiary/aromatic N) is 3. The molecular weight excluding hydrogens is 278 g/mol. The normalized spacial score (nSPS) is 14.8. The predicted octanol–water partition coefficient (Wildman–Crippen LogP) is 1.64. The molecule has 1 saturated heterocycles. The van der Waals surface area contributed by atoms with Crippen LogP contribution in [0.5, 0.6) is 0 Å². The fraction of sp³-hybridized carbons (Fsp3) is 0.353. The zero-order valence-corrected chi connectivity index (χ0v) is 13.0. The van der Waals surface area contributed by atoms with E-state index < -0.39 is 0 Å². The fourth-order valence-electron chi connectivity index (χ4n) is 2.85. The van der Waals surface area contributed by atoms with Crippen LogP contribution in [-0.4, -0.2) is 33.4 Å². The van der Waals surface area contributed by atoms with Crippen molar-refractivity contribution in [2.75, 3.05) is 13.1 Å². The van der Waals surface area contributed by atoms with Gasteiger partial charge in [-0.05, 0) is 37.6 Å². The van der Waals surface area contributed by atoms with Gasteiger partial charge in [-0.25, -0.2) is 0 Å². The van der Waals surface area contributed by atoms with E-state index in [0.717, 1.165) is 17.0 Å². The molecular formula is C17H19N3O2. The molecule has 22 heavy (non-hydrogen) atoms. The van der Waals surface area contributed by atoms with Crippen molar-refractivity contribution in [2.45, 2.75) is 19.8 Å². The molecule has 2 aromatic heterocycles. The Balaban J connectivity index is 1.80. The molecule has 0 N–H and O–H groups in total. The van der Waals surface area contributed by atoms with Gasteiger partial charge in [-0.1, -0.05) is 6.07 Å². The first kappa shape index (κ1) is 14.5. The number of carbonyl (C=O) groups is 1. The molecule has 0 aromatic carbocycles. The lowest BCUT2D eigenvalue weighted by molar-refractivity contribution is 0.0595. The average molecular weight is 297 g/mol. The molecule has 114 valence electrons. The highest BCUT2D eigenvalue weighted by atomic mass is 16.2. The van der Waals surface area contributed by atoms with Crippen LogP contribution in [0.25, 0.3) is 0 Å². The van der Waals surface area contributed by atoms with E-state index >= 15 is 0 Å². The highest BCUT2D eigenvalue weighted by molar-refractivity contribution is 5.96. The van der Waals surface area contributed by atoms with E-state index in [9.17, 15) is 9.59 Å². The molecule has 2 aromatic rings. The lowest BCUT2D eigenvalue weighted by Crippen LogP contribution is -2.50. The Kier molecular flexibility index (Phi) is 3.56. The molecule has 0 atom stereocenters. The van der Waals surface area contributed by atoms with E-state index in [-0.39, 0.29) is 22.9 Å². The molecule has 1 amide bonds. The van der Waals surface area contributed by atoms with Crippen LogP contribution in [0.3, 0.4) is 0 Å². The molecule has 0 spiro atoms. The maximum Gasteiger partial charge on any atom is 0.263 e. The molecule has 1 aliphatic rings. The number of aromatic nitrogens is 2. The van der Waals surface area contributed by atoms with Gasteiger partial charge in [0, 0.05) is 43.6 Å². The van der Waals surface area contributed by atoms with Crippen LogP contribution in [0, 0.1) is 13.8 Å². The minimum Gasteiger partial charge on any atom is -0.337 e. The smallest absolute Gasteiger partial charge is 0.263 e. The largest absolute Gasteiger partial charge is 0.337 e. The van der Waals surface area contributed by atoms with Crippen molar-refractivity contribution in [3.8, 4) is 0 Å². The molecule has 1 aliphatic heterocycles. The summed E-state index contributed by atoms with van der Waals surface area (Å²) in [5.41, 5.74) is 2.66. The zero-order valence-electron chi connectivity index (χ0n) is 13.0. The van der Waals surface area contributed by atoms with Gasteiger partial charge in [-0.15, -0.1) is 0 Å². The third kappa shape index (κ3) is 2.32. The Bertz CT molecular complexity index is 774. The summed E-state index contributed by atoms with van der Waals surface area (Å²) in [7, 11) is 1.70. The van der Waals surface area contributed by atoms with E-state index in [2.05, 4.69) is 4.98 Å². The van der Waals surface area contributed by atoms with Gasteiger partial charge < -0.3 is 9.47 Å². The van der Waals surface area contributed by atoms with Gasteiger partial charge in [0.15, 0.2) is 0 Å². The summed E-state index contributed by atoms with van der Waals surface area (Å²) >= 11 is 0. The highest BCUT2D eigenvalue weighted by Crippen LogP contribution is 2.26. The molecule has 5 nitrogen and oxygen atoms in total. The second kappa shape index (κ2) is 5.40. The van der Waals surface area contributed by atoms with Crippen LogP contribution in [-0.2, 0) is 7.05 Å². The van der Waals surface area contributed by atoms with Crippen molar-refractivity contribution in [2.24, 2.45) is 7.05 Å². The van der Waals surface area contributed by atoms with E-state index in [0.29, 0.717) is 13.1 Å². The van der Waals surface area contributed by atoms with Crippen LogP contribution in [0.15, 0.2) is 35.3 Å². The van der Waals surface area contributed by atoms with E-state index in [1.165, 1.54) is 4.57 Å². The second-order valence-electron chi connectivity index (χ2n) is 5.87. The molecule has 3 rings (SSSR count). The third-order valence-corrected chi connectivity index (χ3v) is 4.36. The molecule has 0 saturated carbocycles. The van der Waals surface area contributed by atoms with Crippen molar-refractivity contribution in [1.29, 1.82) is 0 Å². The summed E-state index contributed by atoms with van der Waals surface area (Å²) in [6.45, 7) is 4.92. The first-order valence-corrected chi connectivity index (χ1v) is 7.36. The Morgan fingerprint density at radius 3 is 2.64 bits per heavy atom. The van der Waals surface area contributed by atoms with Gasteiger partial charge in [0.2, 0.25) is 0 Å². The second-order valence-corrected chi connectivity index (χ2v) is 5.87. The van der Waals surface area contributed by atoms with Crippen LogP contribution in [0.2, 0.25) is 0 Å². The summed E-state index contributed by atoms with van der Waals surface area (Å²) in [4.78, 5) is 31.0. The Hall–Kier alpha value is -2.43. The van der Waals surface area contributed by atoms with Crippen LogP contribution < -0.4 is 5.56 Å². The lowest BCUT2D eigenvalue weighted by Gasteiger charge is -2.39. The zero-order chi connectivity index (χ0) is 15.9. The number of pyridine rings is 2. The van der Waals surface area contributed by atoms with Gasteiger partial charge >= 0.3 is 0 Å². The SMILES string of the molecule is Cc1cc(C)n(C)c(=O)c1C(=O)N1CC(c2ccccn2)C1. The van der Waals surface area contributed by atoms with Crippen molar-refractivity contribution in [3.63, 3.8) is 0 Å². The molecule has 5 heteroatoms. The molecule has 1 fully saturated rings. The van der Waals surface area contributed by atoms with Crippen LogP contribution >= 0.6 is 0 Å². The van der Waals surface area contributed by atoms with Gasteiger partial charge in [0.05, 0.1) is 0 Å². The molecule has 3 heterocycles. The highest BCUT2D eigenvalue weighted by Gasteiger charge is 2.34. The Morgan fingerprint density at radius 1 is 1.27 bits per heavy atom. The van der Waals surface area contributed by atoms with E-state index in [1.807, 2.05) is 38.1 Å². The van der Waals surface area contributed by atoms with Gasteiger partial charge in [0.25, 0.3) is 11.5 Å². The number of amides is 1. The maximum atomic E-state index is 12.6. The van der Waals surface area contributed by atoms with Crippen molar-refractivity contribution < 1.29 is 4.79 Å². The number of rotatable bonds is 2. The molecule has 0 radical (unpaired) electrons. The number of aryl methyl sites for hydroxylation is 2. The minimum absolute atomic E-state index is 0.176. The number of hydrogen-bond donors (Lipinski definition) is 0. The van der Waals surface area contributed by atoms with E-state index in [4.69, 9.17) is 0 Å². The molecule has 0 aliphatic carbocycles. The summed E-state index contributed by atoms with van der Waals surface area (Å²) in [6.07, 6.45) is 1.76. The fourth-order valence-corrected chi connectivity index (χ4v) is 2.85. The first-order chi connectivity index (χ1) is 10.5. The quantitative estimate of drug-likeness (QED) is 0.846. The van der Waals surface area contributed by atoms with E-state index in [1.54, 1.807) is 18.1 Å². The number of likely N-dealkylation sites (tertiary alicyclic amines) is 1.